The molecule has 1 aliphatic rings. The van der Waals surface area contributed by atoms with Gasteiger partial charge in [-0.05, 0) is 50.1 Å². The molecule has 0 aliphatic carbocycles. The SMILES string of the molecule is Cc1ccc(C(=O)NC(CN2CCCC2=O)c2cccc(C(F)(F)F)c2)c(C)n1. The first-order valence-electron chi connectivity index (χ1n) is 9.35. The van der Waals surface area contributed by atoms with E-state index in [0.29, 0.717) is 36.2 Å². The van der Waals surface area contributed by atoms with E-state index in [0.717, 1.165) is 17.8 Å². The number of carbonyl (C=O) groups excluding carboxylic acids is 2. The quantitative estimate of drug-likeness (QED) is 0.823. The Balaban J connectivity index is 1.90. The van der Waals surface area contributed by atoms with Crippen LogP contribution < -0.4 is 5.32 Å². The maximum Gasteiger partial charge on any atom is 0.416 e. The van der Waals surface area contributed by atoms with Gasteiger partial charge in [0.1, 0.15) is 0 Å². The van der Waals surface area contributed by atoms with Crippen molar-refractivity contribution in [3.05, 3.63) is 64.5 Å². The maximum atomic E-state index is 13.2. The molecule has 1 aromatic heterocycles. The van der Waals surface area contributed by atoms with Gasteiger partial charge < -0.3 is 10.2 Å². The second-order valence-corrected chi connectivity index (χ2v) is 7.18. The van der Waals surface area contributed by atoms with Gasteiger partial charge in [0.2, 0.25) is 5.91 Å². The number of pyridine rings is 1. The molecule has 5 nitrogen and oxygen atoms in total. The van der Waals surface area contributed by atoms with Crippen LogP contribution in [0.3, 0.4) is 0 Å². The number of amides is 2. The van der Waals surface area contributed by atoms with Crippen LogP contribution in [0.25, 0.3) is 0 Å². The normalized spacial score (nSPS) is 15.5. The number of likely N-dealkylation sites (tertiary alicyclic amines) is 1. The zero-order chi connectivity index (χ0) is 21.2. The zero-order valence-electron chi connectivity index (χ0n) is 16.2. The Morgan fingerprint density at radius 1 is 1.24 bits per heavy atom. The lowest BCUT2D eigenvalue weighted by Crippen LogP contribution is -2.39. The summed E-state index contributed by atoms with van der Waals surface area (Å²) in [5.41, 5.74) is 1.14. The third-order valence-electron chi connectivity index (χ3n) is 4.97. The highest BCUT2D eigenvalue weighted by molar-refractivity contribution is 5.95. The van der Waals surface area contributed by atoms with E-state index in [-0.39, 0.29) is 12.5 Å². The summed E-state index contributed by atoms with van der Waals surface area (Å²) in [6.45, 7) is 4.14. The molecule has 0 saturated carbocycles. The Kier molecular flexibility index (Phi) is 5.91. The lowest BCUT2D eigenvalue weighted by molar-refractivity contribution is -0.137. The average molecular weight is 405 g/mol. The van der Waals surface area contributed by atoms with Crippen LogP contribution in [0.1, 0.15) is 51.8 Å². The molecule has 1 aromatic carbocycles. The number of hydrogen-bond acceptors (Lipinski definition) is 3. The molecule has 3 rings (SSSR count). The molecule has 154 valence electrons. The van der Waals surface area contributed by atoms with Gasteiger partial charge in [-0.2, -0.15) is 13.2 Å². The Morgan fingerprint density at radius 3 is 2.62 bits per heavy atom. The van der Waals surface area contributed by atoms with Crippen molar-refractivity contribution in [1.29, 1.82) is 0 Å². The van der Waals surface area contributed by atoms with E-state index < -0.39 is 23.7 Å². The van der Waals surface area contributed by atoms with Crippen LogP contribution in [0.2, 0.25) is 0 Å². The third-order valence-corrected chi connectivity index (χ3v) is 4.97. The van der Waals surface area contributed by atoms with Crippen molar-refractivity contribution in [3.63, 3.8) is 0 Å². The highest BCUT2D eigenvalue weighted by Crippen LogP contribution is 2.31. The van der Waals surface area contributed by atoms with Crippen LogP contribution in [0.4, 0.5) is 13.2 Å². The predicted molar refractivity (Wildman–Crippen MR) is 101 cm³/mol. The molecule has 1 aliphatic heterocycles. The van der Waals surface area contributed by atoms with Crippen molar-refractivity contribution in [3.8, 4) is 0 Å². The minimum atomic E-state index is -4.49. The monoisotopic (exact) mass is 405 g/mol. The minimum absolute atomic E-state index is 0.0654. The van der Waals surface area contributed by atoms with Crippen molar-refractivity contribution < 1.29 is 22.8 Å². The second kappa shape index (κ2) is 8.23. The van der Waals surface area contributed by atoms with Gasteiger partial charge in [-0.15, -0.1) is 0 Å². The van der Waals surface area contributed by atoms with E-state index in [4.69, 9.17) is 0 Å². The molecular formula is C21H22F3N3O2. The Hall–Kier alpha value is -2.90. The molecule has 1 atom stereocenters. The number of carbonyl (C=O) groups is 2. The van der Waals surface area contributed by atoms with Gasteiger partial charge in [-0.3, -0.25) is 14.6 Å². The fraction of sp³-hybridized carbons (Fsp3) is 0.381. The average Bonchev–Trinajstić information content (AvgIpc) is 3.05. The summed E-state index contributed by atoms with van der Waals surface area (Å²) in [5.74, 6) is -0.506. The number of rotatable bonds is 5. The van der Waals surface area contributed by atoms with Gasteiger partial charge in [-0.1, -0.05) is 12.1 Å². The van der Waals surface area contributed by atoms with Gasteiger partial charge in [0, 0.05) is 25.2 Å². The van der Waals surface area contributed by atoms with E-state index in [9.17, 15) is 22.8 Å². The van der Waals surface area contributed by atoms with Crippen LogP contribution in [-0.2, 0) is 11.0 Å². The number of hydrogen-bond donors (Lipinski definition) is 1. The Bertz CT molecular complexity index is 928. The highest BCUT2D eigenvalue weighted by Gasteiger charge is 2.32. The van der Waals surface area contributed by atoms with Gasteiger partial charge in [0.05, 0.1) is 22.9 Å². The maximum absolute atomic E-state index is 13.2. The number of benzene rings is 1. The van der Waals surface area contributed by atoms with Gasteiger partial charge >= 0.3 is 6.18 Å². The van der Waals surface area contributed by atoms with Crippen molar-refractivity contribution in [1.82, 2.24) is 15.2 Å². The minimum Gasteiger partial charge on any atom is -0.343 e. The number of nitrogens with zero attached hydrogens (tertiary/aromatic N) is 2. The third kappa shape index (κ3) is 4.93. The summed E-state index contributed by atoms with van der Waals surface area (Å²) in [6.07, 6.45) is -3.39. The predicted octanol–water partition coefficient (Wildman–Crippen LogP) is 3.81. The van der Waals surface area contributed by atoms with E-state index in [1.165, 1.54) is 12.1 Å². The number of halogens is 3. The van der Waals surface area contributed by atoms with Crippen LogP contribution in [0, 0.1) is 13.8 Å². The molecule has 0 radical (unpaired) electrons. The smallest absolute Gasteiger partial charge is 0.343 e. The van der Waals surface area contributed by atoms with Crippen molar-refractivity contribution in [2.24, 2.45) is 0 Å². The van der Waals surface area contributed by atoms with Crippen LogP contribution in [-0.4, -0.2) is 34.8 Å². The number of aryl methyl sites for hydroxylation is 2. The Labute approximate surface area is 166 Å². The summed E-state index contributed by atoms with van der Waals surface area (Å²) < 4.78 is 39.5. The Morgan fingerprint density at radius 2 is 2.00 bits per heavy atom. The first kappa shape index (κ1) is 20.8. The van der Waals surface area contributed by atoms with Gasteiger partial charge in [0.15, 0.2) is 0 Å². The van der Waals surface area contributed by atoms with Crippen LogP contribution >= 0.6 is 0 Å². The molecular weight excluding hydrogens is 383 g/mol. The summed E-state index contributed by atoms with van der Waals surface area (Å²) in [7, 11) is 0. The largest absolute Gasteiger partial charge is 0.416 e. The fourth-order valence-electron chi connectivity index (χ4n) is 3.45. The fourth-order valence-corrected chi connectivity index (χ4v) is 3.45. The summed E-state index contributed by atoms with van der Waals surface area (Å²) >= 11 is 0. The standard InChI is InChI=1S/C21H22F3N3O2/c1-13-8-9-17(14(2)25-13)20(29)26-18(12-27-10-4-7-19(27)28)15-5-3-6-16(11-15)21(22,23)24/h3,5-6,8-9,11,18H,4,7,10,12H2,1-2H3,(H,26,29). The molecule has 1 saturated heterocycles. The second-order valence-electron chi connectivity index (χ2n) is 7.18. The number of nitrogens with one attached hydrogen (secondary N) is 1. The first-order valence-corrected chi connectivity index (χ1v) is 9.35. The topological polar surface area (TPSA) is 62.3 Å². The molecule has 2 heterocycles. The summed E-state index contributed by atoms with van der Waals surface area (Å²) in [4.78, 5) is 30.7. The van der Waals surface area contributed by atoms with Gasteiger partial charge in [0.25, 0.3) is 5.91 Å². The van der Waals surface area contributed by atoms with Crippen LogP contribution in [0.15, 0.2) is 36.4 Å². The lowest BCUT2D eigenvalue weighted by atomic mass is 10.0. The van der Waals surface area contributed by atoms with E-state index in [1.807, 2.05) is 0 Å². The molecule has 0 spiro atoms. The number of alkyl halides is 3. The first-order chi connectivity index (χ1) is 13.6. The molecule has 1 N–H and O–H groups in total. The molecule has 29 heavy (non-hydrogen) atoms. The molecule has 2 amide bonds. The molecule has 1 fully saturated rings. The van der Waals surface area contributed by atoms with Gasteiger partial charge in [-0.25, -0.2) is 0 Å². The van der Waals surface area contributed by atoms with E-state index in [2.05, 4.69) is 10.3 Å². The van der Waals surface area contributed by atoms with Crippen molar-refractivity contribution in [2.75, 3.05) is 13.1 Å². The molecule has 0 bridgehead atoms. The summed E-state index contributed by atoms with van der Waals surface area (Å²) in [5, 5.41) is 2.80. The molecule has 2 aromatic rings. The summed E-state index contributed by atoms with van der Waals surface area (Å²) in [6, 6.07) is 7.40. The van der Waals surface area contributed by atoms with E-state index in [1.54, 1.807) is 30.9 Å². The number of aromatic nitrogens is 1. The van der Waals surface area contributed by atoms with E-state index >= 15 is 0 Å². The zero-order valence-corrected chi connectivity index (χ0v) is 16.2. The van der Waals surface area contributed by atoms with Crippen LogP contribution in [0.5, 0.6) is 0 Å². The molecule has 8 heteroatoms. The van der Waals surface area contributed by atoms with Crippen molar-refractivity contribution in [2.45, 2.75) is 38.9 Å². The van der Waals surface area contributed by atoms with Crippen molar-refractivity contribution >= 4 is 11.8 Å². The highest BCUT2D eigenvalue weighted by atomic mass is 19.4. The lowest BCUT2D eigenvalue weighted by Gasteiger charge is -2.26. The molecule has 1 unspecified atom stereocenters.